The topological polar surface area (TPSA) is 125 Å². The number of carbonyl (C=O) groups excluding carboxylic acids is 3. The number of nitrogens with zero attached hydrogens (tertiary/aromatic N) is 1. The van der Waals surface area contributed by atoms with Crippen LogP contribution in [0.15, 0.2) is 65.8 Å². The van der Waals surface area contributed by atoms with Gasteiger partial charge in [0.15, 0.2) is 24.2 Å². The van der Waals surface area contributed by atoms with Gasteiger partial charge in [-0.25, -0.2) is 10.2 Å². The van der Waals surface area contributed by atoms with E-state index in [2.05, 4.69) is 15.8 Å². The third-order valence-electron chi connectivity index (χ3n) is 5.76. The van der Waals surface area contributed by atoms with E-state index in [0.29, 0.717) is 25.7 Å². The lowest BCUT2D eigenvalue weighted by molar-refractivity contribution is -0.145. The van der Waals surface area contributed by atoms with Gasteiger partial charge in [0.2, 0.25) is 0 Å². The first kappa shape index (κ1) is 33.9. The molecular weight excluding hydrogens is 712 g/mol. The lowest BCUT2D eigenvalue weighted by atomic mass is 10.1. The number of nitrogens with one attached hydrogen (secondary N) is 2. The summed E-state index contributed by atoms with van der Waals surface area (Å²) in [4.78, 5) is 37.9. The summed E-state index contributed by atoms with van der Waals surface area (Å²) in [6.45, 7) is 3.24. The number of rotatable bonds is 14. The van der Waals surface area contributed by atoms with E-state index in [1.165, 1.54) is 19.4 Å². The number of ether oxygens (including phenoxy) is 4. The van der Waals surface area contributed by atoms with Gasteiger partial charge in [0.1, 0.15) is 11.8 Å². The van der Waals surface area contributed by atoms with Crippen LogP contribution in [0.3, 0.4) is 0 Å². The summed E-state index contributed by atoms with van der Waals surface area (Å²) in [5, 5.41) is 7.50. The van der Waals surface area contributed by atoms with E-state index >= 15 is 0 Å². The molecule has 228 valence electrons. The van der Waals surface area contributed by atoms with Crippen LogP contribution in [0, 0.1) is 3.57 Å². The number of methoxy groups -OCH3 is 1. The zero-order valence-corrected chi connectivity index (χ0v) is 27.2. The number of amides is 2. The summed E-state index contributed by atoms with van der Waals surface area (Å²) in [6, 6.07) is 16.3. The predicted molar refractivity (Wildman–Crippen MR) is 172 cm³/mol. The Hall–Kier alpha value is -3.55. The zero-order valence-electron chi connectivity index (χ0n) is 23.6. The van der Waals surface area contributed by atoms with Crippen molar-refractivity contribution in [1.29, 1.82) is 0 Å². The fraction of sp³-hybridized carbons (Fsp3) is 0.267. The van der Waals surface area contributed by atoms with Crippen molar-refractivity contribution >= 4 is 69.8 Å². The molecule has 2 N–H and O–H groups in total. The number of hydrazone groups is 1. The zero-order chi connectivity index (χ0) is 31.4. The molecule has 0 fully saturated rings. The Morgan fingerprint density at radius 3 is 2.44 bits per heavy atom. The molecule has 2 atom stereocenters. The first-order chi connectivity index (χ1) is 20.6. The molecule has 3 rings (SSSR count). The van der Waals surface area contributed by atoms with Crippen molar-refractivity contribution in [3.05, 3.63) is 85.4 Å². The number of esters is 1. The Balaban J connectivity index is 1.70. The van der Waals surface area contributed by atoms with Crippen LogP contribution >= 0.6 is 45.8 Å². The Morgan fingerprint density at radius 2 is 1.77 bits per heavy atom. The van der Waals surface area contributed by atoms with Gasteiger partial charge >= 0.3 is 5.97 Å². The molecule has 0 spiro atoms. The maximum absolute atomic E-state index is 13.2. The molecule has 0 aliphatic heterocycles. The summed E-state index contributed by atoms with van der Waals surface area (Å²) >= 11 is 14.2. The molecule has 0 heterocycles. The fourth-order valence-electron chi connectivity index (χ4n) is 3.70. The number of halogens is 3. The van der Waals surface area contributed by atoms with E-state index in [4.69, 9.17) is 42.1 Å². The summed E-state index contributed by atoms with van der Waals surface area (Å²) < 4.78 is 22.2. The summed E-state index contributed by atoms with van der Waals surface area (Å²) in [6.07, 6.45) is 0.667. The Morgan fingerprint density at radius 1 is 1.02 bits per heavy atom. The molecule has 0 radical (unpaired) electrons. The molecule has 3 aromatic rings. The van der Waals surface area contributed by atoms with Crippen LogP contribution in [0.1, 0.15) is 25.0 Å². The second-order valence-corrected chi connectivity index (χ2v) is 11.0. The second-order valence-electron chi connectivity index (χ2n) is 8.95. The summed E-state index contributed by atoms with van der Waals surface area (Å²) in [7, 11) is 1.47. The Labute approximate surface area is 273 Å². The van der Waals surface area contributed by atoms with Gasteiger partial charge in [-0.3, -0.25) is 9.59 Å². The van der Waals surface area contributed by atoms with Gasteiger partial charge in [0, 0.05) is 11.4 Å². The average Bonchev–Trinajstić information content (AvgIpc) is 2.98. The SMILES string of the molecule is CCOC(=O)COc1c(I)cc(/C=N\NC(=O)[C@H](Cc2ccccc2)NC(=O)[C@@H](C)Oc2ccc(Cl)cc2Cl)cc1OC. The second kappa shape index (κ2) is 16.9. The van der Waals surface area contributed by atoms with Gasteiger partial charge in [-0.1, -0.05) is 53.5 Å². The van der Waals surface area contributed by atoms with Gasteiger partial charge in [0.05, 0.1) is 28.5 Å². The highest BCUT2D eigenvalue weighted by atomic mass is 127. The van der Waals surface area contributed by atoms with Crippen molar-refractivity contribution < 1.29 is 33.3 Å². The normalized spacial score (nSPS) is 12.2. The largest absolute Gasteiger partial charge is 0.493 e. The molecule has 10 nitrogen and oxygen atoms in total. The van der Waals surface area contributed by atoms with Gasteiger partial charge in [-0.15, -0.1) is 0 Å². The lowest BCUT2D eigenvalue weighted by Gasteiger charge is -2.21. The maximum Gasteiger partial charge on any atom is 0.344 e. The van der Waals surface area contributed by atoms with E-state index in [9.17, 15) is 14.4 Å². The molecule has 0 aliphatic rings. The Bertz CT molecular complexity index is 1460. The molecule has 0 unspecified atom stereocenters. The van der Waals surface area contributed by atoms with Crippen LogP contribution in [0.5, 0.6) is 17.2 Å². The van der Waals surface area contributed by atoms with Crippen LogP contribution in [0.25, 0.3) is 0 Å². The maximum atomic E-state index is 13.2. The fourth-order valence-corrected chi connectivity index (χ4v) is 4.93. The number of hydrogen-bond donors (Lipinski definition) is 2. The van der Waals surface area contributed by atoms with E-state index in [1.54, 1.807) is 38.1 Å². The quantitative estimate of drug-likeness (QED) is 0.101. The van der Waals surface area contributed by atoms with Gasteiger partial charge in [-0.05, 0) is 77.9 Å². The van der Waals surface area contributed by atoms with Crippen molar-refractivity contribution in [3.8, 4) is 17.2 Å². The highest BCUT2D eigenvalue weighted by molar-refractivity contribution is 14.1. The van der Waals surface area contributed by atoms with Crippen molar-refractivity contribution in [1.82, 2.24) is 10.7 Å². The van der Waals surface area contributed by atoms with E-state index in [1.807, 2.05) is 52.9 Å². The molecule has 0 saturated carbocycles. The van der Waals surface area contributed by atoms with Crippen molar-refractivity contribution in [2.24, 2.45) is 5.10 Å². The van der Waals surface area contributed by atoms with Crippen LogP contribution in [-0.2, 0) is 25.5 Å². The number of benzene rings is 3. The number of hydrogen-bond acceptors (Lipinski definition) is 8. The van der Waals surface area contributed by atoms with Gasteiger partial charge < -0.3 is 24.3 Å². The van der Waals surface area contributed by atoms with Crippen LogP contribution in [0.2, 0.25) is 10.0 Å². The van der Waals surface area contributed by atoms with Crippen molar-refractivity contribution in [2.75, 3.05) is 20.3 Å². The third-order valence-corrected chi connectivity index (χ3v) is 7.09. The minimum absolute atomic E-state index is 0.209. The standard InChI is InChI=1S/C30H30Cl2IN3O7/c1-4-41-27(37)17-42-28-23(33)12-20(14-26(28)40-3)16-34-36-30(39)24(13-19-8-6-5-7-9-19)35-29(38)18(2)43-25-11-10-21(31)15-22(25)32/h5-12,14-16,18,24H,4,13,17H2,1-3H3,(H,35,38)(H,36,39)/b34-16-/t18-,24+/m1/s1. The minimum Gasteiger partial charge on any atom is -0.493 e. The van der Waals surface area contributed by atoms with E-state index in [-0.39, 0.29) is 30.4 Å². The van der Waals surface area contributed by atoms with Crippen LogP contribution in [0.4, 0.5) is 0 Å². The van der Waals surface area contributed by atoms with Gasteiger partial charge in [0.25, 0.3) is 11.8 Å². The van der Waals surface area contributed by atoms with Crippen LogP contribution in [-0.4, -0.2) is 56.5 Å². The molecule has 3 aromatic carbocycles. The molecule has 0 aromatic heterocycles. The predicted octanol–water partition coefficient (Wildman–Crippen LogP) is 5.19. The van der Waals surface area contributed by atoms with Gasteiger partial charge in [-0.2, -0.15) is 5.10 Å². The summed E-state index contributed by atoms with van der Waals surface area (Å²) in [5.74, 6) is -0.539. The molecule has 0 saturated heterocycles. The molecule has 13 heteroatoms. The smallest absolute Gasteiger partial charge is 0.344 e. The van der Waals surface area contributed by atoms with E-state index < -0.39 is 29.9 Å². The number of carbonyl (C=O) groups is 3. The van der Waals surface area contributed by atoms with Crippen molar-refractivity contribution in [2.45, 2.75) is 32.4 Å². The molecule has 43 heavy (non-hydrogen) atoms. The van der Waals surface area contributed by atoms with Crippen molar-refractivity contribution in [3.63, 3.8) is 0 Å². The monoisotopic (exact) mass is 741 g/mol. The molecule has 2 amide bonds. The summed E-state index contributed by atoms with van der Waals surface area (Å²) in [5.41, 5.74) is 3.92. The van der Waals surface area contributed by atoms with E-state index in [0.717, 1.165) is 5.56 Å². The molecular formula is C30H30Cl2IN3O7. The average molecular weight is 742 g/mol. The molecule has 0 aliphatic carbocycles. The highest BCUT2D eigenvalue weighted by Crippen LogP contribution is 2.33. The highest BCUT2D eigenvalue weighted by Gasteiger charge is 2.25. The first-order valence-electron chi connectivity index (χ1n) is 13.1. The third kappa shape index (κ3) is 10.6. The van der Waals surface area contributed by atoms with Crippen LogP contribution < -0.4 is 25.0 Å². The molecule has 0 bridgehead atoms. The first-order valence-corrected chi connectivity index (χ1v) is 14.9. The Kier molecular flexibility index (Phi) is 13.4. The lowest BCUT2D eigenvalue weighted by Crippen LogP contribution is -2.50. The minimum atomic E-state index is -0.966.